The van der Waals surface area contributed by atoms with Gasteiger partial charge in [-0.05, 0) is 25.9 Å². The third-order valence-electron chi connectivity index (χ3n) is 1.38. The van der Waals surface area contributed by atoms with Crippen LogP contribution in [-0.2, 0) is 9.59 Å². The van der Waals surface area contributed by atoms with Crippen LogP contribution in [-0.4, -0.2) is 57.7 Å². The molecule has 0 saturated heterocycles. The summed E-state index contributed by atoms with van der Waals surface area (Å²) in [5, 5.41) is 32.5. The van der Waals surface area contributed by atoms with E-state index in [0.717, 1.165) is 25.9 Å². The Morgan fingerprint density at radius 1 is 0.889 bits per heavy atom. The molecule has 8 N–H and O–H groups in total. The predicted octanol–water partition coefficient (Wildman–Crippen LogP) is -1.41. The third kappa shape index (κ3) is 17.2. The molecule has 0 heterocycles. The van der Waals surface area contributed by atoms with Crippen LogP contribution >= 0.6 is 0 Å². The van der Waals surface area contributed by atoms with Gasteiger partial charge in [-0.3, -0.25) is 0 Å². The summed E-state index contributed by atoms with van der Waals surface area (Å²) in [6.07, 6.45) is -2.34. The van der Waals surface area contributed by atoms with Crippen LogP contribution in [0.2, 0.25) is 0 Å². The molecule has 0 aromatic rings. The zero-order valence-electron chi connectivity index (χ0n) is 10.7. The monoisotopic (exact) mass is 268 g/mol. The fraction of sp³-hybridized carbons (Fsp3) is 0.800. The van der Waals surface area contributed by atoms with Crippen LogP contribution in [0.5, 0.6) is 0 Å². The summed E-state index contributed by atoms with van der Waals surface area (Å²) in [6, 6.07) is 0. The van der Waals surface area contributed by atoms with Crippen LogP contribution in [0, 0.1) is 0 Å². The minimum absolute atomic E-state index is 0.819. The number of aliphatic hydroxyl groups is 2. The molecule has 110 valence electrons. The van der Waals surface area contributed by atoms with Crippen molar-refractivity contribution in [3.8, 4) is 0 Å². The van der Waals surface area contributed by atoms with Crippen molar-refractivity contribution < 1.29 is 30.0 Å². The standard InChI is InChI=1S/C4H6O6.2C3H9N/c5-1(3(7)8)2(6)4(9)10;2*1-2-3-4/h1-2,5-6H,(H,7,8)(H,9,10);2*2-4H2,1H3/t1-,2-;;/m1../s1. The molecule has 0 spiro atoms. The molecule has 0 unspecified atom stereocenters. The van der Waals surface area contributed by atoms with Gasteiger partial charge in [-0.15, -0.1) is 0 Å². The van der Waals surface area contributed by atoms with Crippen molar-refractivity contribution in [2.75, 3.05) is 13.1 Å². The van der Waals surface area contributed by atoms with Gasteiger partial charge < -0.3 is 31.9 Å². The molecule has 2 atom stereocenters. The first-order chi connectivity index (χ1) is 8.29. The quantitative estimate of drug-likeness (QED) is 0.353. The smallest absolute Gasteiger partial charge is 0.335 e. The average molecular weight is 268 g/mol. The van der Waals surface area contributed by atoms with Crippen molar-refractivity contribution in [3.63, 3.8) is 0 Å². The van der Waals surface area contributed by atoms with Crippen LogP contribution in [0.15, 0.2) is 0 Å². The normalized spacial score (nSPS) is 12.1. The lowest BCUT2D eigenvalue weighted by atomic mass is 10.2. The van der Waals surface area contributed by atoms with Gasteiger partial charge in [-0.1, -0.05) is 13.8 Å². The van der Waals surface area contributed by atoms with Gasteiger partial charge in [0.05, 0.1) is 0 Å². The lowest BCUT2D eigenvalue weighted by molar-refractivity contribution is -0.165. The summed E-state index contributed by atoms with van der Waals surface area (Å²) in [4.78, 5) is 19.5. The second-order valence-electron chi connectivity index (χ2n) is 3.14. The molecule has 0 bridgehead atoms. The summed E-state index contributed by atoms with van der Waals surface area (Å²) in [6.45, 7) is 5.75. The van der Waals surface area contributed by atoms with Gasteiger partial charge in [0.15, 0.2) is 12.2 Å². The number of carbonyl (C=O) groups is 2. The van der Waals surface area contributed by atoms with Crippen molar-refractivity contribution in [2.24, 2.45) is 11.5 Å². The predicted molar refractivity (Wildman–Crippen MR) is 66.0 cm³/mol. The first kappa shape index (κ1) is 22.0. The minimum Gasteiger partial charge on any atom is -0.479 e. The highest BCUT2D eigenvalue weighted by atomic mass is 16.4. The highest BCUT2D eigenvalue weighted by molar-refractivity contribution is 5.83. The molecule has 8 heteroatoms. The first-order valence-corrected chi connectivity index (χ1v) is 5.51. The molecule has 0 aromatic heterocycles. The Morgan fingerprint density at radius 2 is 1.06 bits per heavy atom. The highest BCUT2D eigenvalue weighted by Crippen LogP contribution is 1.92. The maximum Gasteiger partial charge on any atom is 0.335 e. The van der Waals surface area contributed by atoms with Crippen molar-refractivity contribution in [1.82, 2.24) is 0 Å². The van der Waals surface area contributed by atoms with E-state index in [0.29, 0.717) is 0 Å². The summed E-state index contributed by atoms with van der Waals surface area (Å²) in [5.74, 6) is -3.54. The van der Waals surface area contributed by atoms with E-state index in [1.807, 2.05) is 0 Å². The second kappa shape index (κ2) is 15.8. The van der Waals surface area contributed by atoms with Gasteiger partial charge in [0, 0.05) is 0 Å². The fourth-order valence-electron chi connectivity index (χ4n) is 0.270. The molecule has 0 aromatic carbocycles. The number of hydrogen-bond donors (Lipinski definition) is 6. The SMILES string of the molecule is CCCN.CCCN.O=C(O)[C@H](O)[C@@H](O)C(=O)O. The van der Waals surface area contributed by atoms with E-state index in [1.165, 1.54) is 0 Å². The van der Waals surface area contributed by atoms with Gasteiger partial charge in [-0.25, -0.2) is 9.59 Å². The van der Waals surface area contributed by atoms with E-state index in [1.54, 1.807) is 0 Å². The summed E-state index contributed by atoms with van der Waals surface area (Å²) in [5.41, 5.74) is 10.1. The minimum atomic E-state index is -2.27. The van der Waals surface area contributed by atoms with E-state index >= 15 is 0 Å². The first-order valence-electron chi connectivity index (χ1n) is 5.51. The number of rotatable bonds is 5. The van der Waals surface area contributed by atoms with Crippen molar-refractivity contribution in [1.29, 1.82) is 0 Å². The molecule has 0 amide bonds. The Labute approximate surface area is 106 Å². The van der Waals surface area contributed by atoms with Crippen LogP contribution < -0.4 is 11.5 Å². The number of carboxylic acids is 2. The van der Waals surface area contributed by atoms with Gasteiger partial charge in [0.2, 0.25) is 0 Å². The topological polar surface area (TPSA) is 167 Å². The molecule has 0 fully saturated rings. The molecule has 0 aliphatic rings. The van der Waals surface area contributed by atoms with Gasteiger partial charge in [0.1, 0.15) is 0 Å². The molecule has 0 rings (SSSR count). The lowest BCUT2D eigenvalue weighted by Gasteiger charge is -2.07. The molecular weight excluding hydrogens is 244 g/mol. The Hall–Kier alpha value is -1.22. The number of aliphatic carboxylic acids is 2. The van der Waals surface area contributed by atoms with Crippen molar-refractivity contribution in [3.05, 3.63) is 0 Å². The van der Waals surface area contributed by atoms with E-state index < -0.39 is 24.1 Å². The second-order valence-corrected chi connectivity index (χ2v) is 3.14. The van der Waals surface area contributed by atoms with E-state index in [-0.39, 0.29) is 0 Å². The molecule has 0 radical (unpaired) electrons. The van der Waals surface area contributed by atoms with E-state index in [4.69, 9.17) is 31.9 Å². The Bertz CT molecular complexity index is 187. The zero-order chi connectivity index (χ0) is 15.1. The number of nitrogens with two attached hydrogens (primary N) is 2. The van der Waals surface area contributed by atoms with Gasteiger partial charge >= 0.3 is 11.9 Å². The Morgan fingerprint density at radius 3 is 1.11 bits per heavy atom. The van der Waals surface area contributed by atoms with Gasteiger partial charge in [0.25, 0.3) is 0 Å². The Kier molecular flexibility index (Phi) is 19.3. The summed E-state index contributed by atoms with van der Waals surface area (Å²) >= 11 is 0. The van der Waals surface area contributed by atoms with E-state index in [9.17, 15) is 9.59 Å². The van der Waals surface area contributed by atoms with Crippen molar-refractivity contribution >= 4 is 11.9 Å². The average Bonchev–Trinajstić information content (AvgIpc) is 2.37. The fourth-order valence-corrected chi connectivity index (χ4v) is 0.270. The molecule has 18 heavy (non-hydrogen) atoms. The zero-order valence-corrected chi connectivity index (χ0v) is 10.7. The highest BCUT2D eigenvalue weighted by Gasteiger charge is 2.29. The Balaban J connectivity index is -0.000000233. The number of hydrogen-bond acceptors (Lipinski definition) is 6. The molecule has 0 saturated carbocycles. The summed E-state index contributed by atoms with van der Waals surface area (Å²) < 4.78 is 0. The van der Waals surface area contributed by atoms with Crippen LogP contribution in [0.3, 0.4) is 0 Å². The molecule has 8 nitrogen and oxygen atoms in total. The van der Waals surface area contributed by atoms with Gasteiger partial charge in [-0.2, -0.15) is 0 Å². The number of carboxylic acid groups (broad SMARTS) is 2. The number of aliphatic hydroxyl groups excluding tert-OH is 2. The molecular formula is C10H24N2O6. The lowest BCUT2D eigenvalue weighted by Crippen LogP contribution is -2.39. The van der Waals surface area contributed by atoms with Crippen LogP contribution in [0.1, 0.15) is 26.7 Å². The molecule has 0 aliphatic heterocycles. The van der Waals surface area contributed by atoms with E-state index in [2.05, 4.69) is 13.8 Å². The van der Waals surface area contributed by atoms with Crippen LogP contribution in [0.25, 0.3) is 0 Å². The largest absolute Gasteiger partial charge is 0.479 e. The summed E-state index contributed by atoms with van der Waals surface area (Å²) in [7, 11) is 0. The molecule has 0 aliphatic carbocycles. The third-order valence-corrected chi connectivity index (χ3v) is 1.38. The maximum atomic E-state index is 9.77. The van der Waals surface area contributed by atoms with Crippen LogP contribution in [0.4, 0.5) is 0 Å². The van der Waals surface area contributed by atoms with Crippen molar-refractivity contribution in [2.45, 2.75) is 38.9 Å². The maximum absolute atomic E-state index is 9.77.